The second kappa shape index (κ2) is 25.5. The van der Waals surface area contributed by atoms with Gasteiger partial charge in [0.2, 0.25) is 0 Å². The molecule has 0 spiro atoms. The number of anilines is 8. The molecule has 12 aromatic carbocycles. The minimum atomic E-state index is -1.11. The standard InChI is InChI=1S/C84H48F6N10/c85-57-41-71(87)79(72(88)42-57)67-39-55(47-93-81(67)97-83-65-19-7-11-53-13-9-21-75(95-83)77(53)65)49-23-31-61(32-24-49)99(59-15-3-1-4-16-59)63-35-27-51(28-36-63)69(45-91)70(46-92)52-29-37-64(38-30-52)100(60-17-5-2-6-18-60)62-33-25-50(26-34-62)56-40-68(80-73(89)43-58(86)44-74(80)90)82(94-48-56)98-84-66-20-8-12-54-14-10-22-76(96-84)78(54)66/h1-44,47-48H,(H,93,95,97)(H,94,96,98)/b70-69+. The average molecular weight is 1310 g/mol. The molecule has 4 heterocycles. The summed E-state index contributed by atoms with van der Waals surface area (Å²) in [7, 11) is 0. The van der Waals surface area contributed by atoms with Crippen LogP contribution in [0.15, 0.2) is 289 Å². The van der Waals surface area contributed by atoms with Gasteiger partial charge < -0.3 is 20.4 Å². The number of hydrogen-bond donors (Lipinski definition) is 2. The number of rotatable bonds is 14. The number of nitrogens with one attached hydrogen (secondary N) is 2. The predicted molar refractivity (Wildman–Crippen MR) is 385 cm³/mol. The van der Waals surface area contributed by atoms with Crippen LogP contribution in [0.25, 0.3) is 77.2 Å². The van der Waals surface area contributed by atoms with Gasteiger partial charge >= 0.3 is 0 Å². The van der Waals surface area contributed by atoms with Crippen molar-refractivity contribution in [1.29, 1.82) is 10.5 Å². The second-order valence-electron chi connectivity index (χ2n) is 23.8. The smallest absolute Gasteiger partial charge is 0.162 e. The van der Waals surface area contributed by atoms with Gasteiger partial charge in [0.05, 0.1) is 22.3 Å². The highest BCUT2D eigenvalue weighted by atomic mass is 19.2. The summed E-state index contributed by atoms with van der Waals surface area (Å²) in [5.74, 6) is -5.62. The van der Waals surface area contributed by atoms with Gasteiger partial charge in [-0.25, -0.2) is 46.3 Å². The quantitative estimate of drug-likeness (QED) is 0.0626. The minimum absolute atomic E-state index is 0.0216. The van der Waals surface area contributed by atoms with Crippen LogP contribution in [0, 0.1) is 57.6 Å². The van der Waals surface area contributed by atoms with Gasteiger partial charge in [0.1, 0.15) is 58.7 Å². The molecule has 2 N–H and O–H groups in total. The van der Waals surface area contributed by atoms with Crippen LogP contribution >= 0.6 is 0 Å². The summed E-state index contributed by atoms with van der Waals surface area (Å²) in [6.07, 6.45) is 3.16. The highest BCUT2D eigenvalue weighted by molar-refractivity contribution is 6.27. The molecule has 0 unspecified atom stereocenters. The van der Waals surface area contributed by atoms with E-state index in [1.54, 1.807) is 48.8 Å². The number of amidine groups is 2. The Balaban J connectivity index is 0.683. The molecule has 2 aliphatic heterocycles. The first-order valence-corrected chi connectivity index (χ1v) is 31.7. The van der Waals surface area contributed by atoms with Crippen molar-refractivity contribution in [2.75, 3.05) is 20.4 Å². The fourth-order valence-electron chi connectivity index (χ4n) is 13.2. The number of nitrogens with zero attached hydrogens (tertiary/aromatic N) is 8. The van der Waals surface area contributed by atoms with E-state index in [0.29, 0.717) is 69.3 Å². The Morgan fingerprint density at radius 1 is 0.340 bits per heavy atom. The molecule has 10 nitrogen and oxygen atoms in total. The molecule has 16 heteroatoms. The molecule has 2 aliphatic rings. The Hall–Kier alpha value is -13.7. The van der Waals surface area contributed by atoms with Crippen LogP contribution in [-0.2, 0) is 0 Å². The molecule has 0 aliphatic carbocycles. The van der Waals surface area contributed by atoms with Crippen LogP contribution in [0.2, 0.25) is 0 Å². The minimum Gasteiger partial charge on any atom is -0.339 e. The number of benzene rings is 12. The van der Waals surface area contributed by atoms with Crippen molar-refractivity contribution >= 4 is 101 Å². The van der Waals surface area contributed by atoms with Crippen LogP contribution in [-0.4, -0.2) is 21.6 Å². The van der Waals surface area contributed by atoms with E-state index in [2.05, 4.69) is 32.7 Å². The Kier molecular flexibility index (Phi) is 15.6. The van der Waals surface area contributed by atoms with Gasteiger partial charge in [0, 0.05) is 126 Å². The maximum absolute atomic E-state index is 15.8. The molecule has 0 amide bonds. The molecule has 100 heavy (non-hydrogen) atoms. The number of nitriles is 2. The molecule has 0 radical (unpaired) electrons. The van der Waals surface area contributed by atoms with Gasteiger partial charge in [0.25, 0.3) is 0 Å². The molecule has 16 rings (SSSR count). The first-order chi connectivity index (χ1) is 48.9. The normalized spacial score (nSPS) is 13.0. The van der Waals surface area contributed by atoms with Gasteiger partial charge in [-0.3, -0.25) is 0 Å². The Bertz CT molecular complexity index is 5400. The van der Waals surface area contributed by atoms with E-state index < -0.39 is 46.0 Å². The van der Waals surface area contributed by atoms with Crippen molar-refractivity contribution in [3.63, 3.8) is 0 Å². The van der Waals surface area contributed by atoms with E-state index >= 15 is 17.6 Å². The van der Waals surface area contributed by atoms with E-state index in [0.717, 1.165) is 78.2 Å². The molecule has 0 fully saturated rings. The largest absolute Gasteiger partial charge is 0.339 e. The van der Waals surface area contributed by atoms with Gasteiger partial charge in [-0.05, 0) is 130 Å². The summed E-state index contributed by atoms with van der Waals surface area (Å²) < 4.78 is 91.9. The third-order valence-corrected chi connectivity index (χ3v) is 17.8. The number of pyridine rings is 2. The first-order valence-electron chi connectivity index (χ1n) is 31.7. The van der Waals surface area contributed by atoms with Crippen LogP contribution in [0.1, 0.15) is 22.3 Å². The number of hydrogen-bond acceptors (Lipinski definition) is 8. The van der Waals surface area contributed by atoms with E-state index in [1.165, 1.54) is 0 Å². The van der Waals surface area contributed by atoms with Crippen molar-refractivity contribution in [2.24, 2.45) is 9.98 Å². The fraction of sp³-hybridized carbons (Fsp3) is 0. The summed E-state index contributed by atoms with van der Waals surface area (Å²) in [6.45, 7) is 0. The topological polar surface area (TPSA) is 129 Å². The van der Waals surface area contributed by atoms with E-state index in [4.69, 9.17) is 9.98 Å². The number of aliphatic imine (C=N–C) groups is 2. The fourth-order valence-corrected chi connectivity index (χ4v) is 13.2. The van der Waals surface area contributed by atoms with E-state index in [-0.39, 0.29) is 33.9 Å². The highest BCUT2D eigenvalue weighted by Crippen LogP contribution is 2.45. The molecule has 0 saturated carbocycles. The first kappa shape index (κ1) is 61.2. The van der Waals surface area contributed by atoms with Gasteiger partial charge in [-0.15, -0.1) is 0 Å². The molecule has 14 aromatic rings. The van der Waals surface area contributed by atoms with Gasteiger partial charge in [0.15, 0.2) is 11.6 Å². The zero-order chi connectivity index (χ0) is 68.1. The maximum atomic E-state index is 15.8. The zero-order valence-electron chi connectivity index (χ0n) is 52.4. The summed E-state index contributed by atoms with van der Waals surface area (Å²) >= 11 is 0. The van der Waals surface area contributed by atoms with Crippen LogP contribution < -0.4 is 20.4 Å². The lowest BCUT2D eigenvalue weighted by Gasteiger charge is -2.26. The summed E-state index contributed by atoms with van der Waals surface area (Å²) in [5.41, 5.74) is 10.6. The third kappa shape index (κ3) is 11.2. The number of para-hydroxylation sites is 2. The molecular formula is C84H48F6N10. The Morgan fingerprint density at radius 3 is 1.02 bits per heavy atom. The van der Waals surface area contributed by atoms with Gasteiger partial charge in [-0.1, -0.05) is 146 Å². The monoisotopic (exact) mass is 1310 g/mol. The lowest BCUT2D eigenvalue weighted by molar-refractivity contribution is 0.547. The summed E-state index contributed by atoms with van der Waals surface area (Å²) in [5, 5.41) is 32.2. The van der Waals surface area contributed by atoms with Gasteiger partial charge in [-0.2, -0.15) is 10.5 Å². The zero-order valence-corrected chi connectivity index (χ0v) is 52.4. The maximum Gasteiger partial charge on any atom is 0.162 e. The average Bonchev–Trinajstić information content (AvgIpc) is 1.57. The molecule has 476 valence electrons. The van der Waals surface area contributed by atoms with Crippen LogP contribution in [0.3, 0.4) is 0 Å². The van der Waals surface area contributed by atoms with E-state index in [1.807, 2.05) is 216 Å². The molecule has 0 saturated heterocycles. The number of aromatic nitrogens is 2. The molecule has 0 atom stereocenters. The number of halogens is 6. The molecule has 2 aromatic heterocycles. The summed E-state index contributed by atoms with van der Waals surface area (Å²) in [6, 6.07) is 82.6. The Labute approximate surface area is 569 Å². The molecule has 0 bridgehead atoms. The molecular weight excluding hydrogens is 1260 g/mol. The van der Waals surface area contributed by atoms with Crippen molar-refractivity contribution < 1.29 is 26.3 Å². The predicted octanol–water partition coefficient (Wildman–Crippen LogP) is 22.2. The highest BCUT2D eigenvalue weighted by Gasteiger charge is 2.27. The van der Waals surface area contributed by atoms with Crippen molar-refractivity contribution in [3.05, 3.63) is 336 Å². The van der Waals surface area contributed by atoms with Crippen molar-refractivity contribution in [2.45, 2.75) is 0 Å². The number of allylic oxidation sites excluding steroid dienone is 2. The second-order valence-corrected chi connectivity index (χ2v) is 23.8. The SMILES string of the molecule is N#C/C(=C(/C#N)c1ccc(N(c2ccccc2)c2ccc(-c3cnc(/N=C4\Nc5cccc6cccc4c56)c(-c4c(F)cc(F)cc4F)c3)cc2)cc1)c1ccc(N(c2ccccc2)c2ccc(-c3cnc(/N=C4\Nc5cccc6cccc4c56)c(-c4c(F)cc(F)cc4F)c3)cc2)cc1. The lowest BCUT2D eigenvalue weighted by Crippen LogP contribution is -2.10. The van der Waals surface area contributed by atoms with Crippen LogP contribution in [0.4, 0.5) is 83.5 Å². The third-order valence-electron chi connectivity index (χ3n) is 17.8. The lowest BCUT2D eigenvalue weighted by atomic mass is 9.95. The van der Waals surface area contributed by atoms with Crippen molar-refractivity contribution in [3.8, 4) is 56.6 Å². The van der Waals surface area contributed by atoms with Crippen molar-refractivity contribution in [1.82, 2.24) is 9.97 Å². The Morgan fingerprint density at radius 2 is 0.670 bits per heavy atom. The van der Waals surface area contributed by atoms with Crippen LogP contribution in [0.5, 0.6) is 0 Å². The van der Waals surface area contributed by atoms with E-state index in [9.17, 15) is 19.3 Å². The summed E-state index contributed by atoms with van der Waals surface area (Å²) in [4.78, 5) is 23.1.